The Balaban J connectivity index is 2.15. The molecular formula is C20H24N2O3. The predicted octanol–water partition coefficient (Wildman–Crippen LogP) is 3.24. The highest BCUT2D eigenvalue weighted by atomic mass is 16.5. The second-order valence-corrected chi connectivity index (χ2v) is 6.06. The topological polar surface area (TPSA) is 67.4 Å². The lowest BCUT2D eigenvalue weighted by Gasteiger charge is -2.13. The summed E-state index contributed by atoms with van der Waals surface area (Å²) in [7, 11) is 1.58. The van der Waals surface area contributed by atoms with Gasteiger partial charge in [0.1, 0.15) is 0 Å². The Kier molecular flexibility index (Phi) is 6.31. The van der Waals surface area contributed by atoms with Gasteiger partial charge in [0.05, 0.1) is 6.61 Å². The van der Waals surface area contributed by atoms with Crippen molar-refractivity contribution in [1.29, 1.82) is 0 Å². The predicted molar refractivity (Wildman–Crippen MR) is 99.3 cm³/mol. The zero-order chi connectivity index (χ0) is 18.4. The molecule has 2 rings (SSSR count). The van der Waals surface area contributed by atoms with E-state index in [1.54, 1.807) is 31.4 Å². The number of methoxy groups -OCH3 is 1. The number of nitrogens with one attached hydrogen (secondary N) is 2. The maximum absolute atomic E-state index is 12.6. The van der Waals surface area contributed by atoms with Crippen molar-refractivity contribution in [3.63, 3.8) is 0 Å². The van der Waals surface area contributed by atoms with Gasteiger partial charge in [-0.3, -0.25) is 9.59 Å². The molecule has 5 nitrogen and oxygen atoms in total. The van der Waals surface area contributed by atoms with E-state index in [1.807, 2.05) is 32.9 Å². The summed E-state index contributed by atoms with van der Waals surface area (Å²) < 4.78 is 4.91. The van der Waals surface area contributed by atoms with Crippen molar-refractivity contribution in [3.8, 4) is 0 Å². The Bertz CT molecular complexity index is 761. The van der Waals surface area contributed by atoms with Crippen molar-refractivity contribution < 1.29 is 14.3 Å². The van der Waals surface area contributed by atoms with Gasteiger partial charge in [-0.15, -0.1) is 0 Å². The van der Waals surface area contributed by atoms with Gasteiger partial charge in [0, 0.05) is 30.5 Å². The van der Waals surface area contributed by atoms with Crippen LogP contribution in [0.3, 0.4) is 0 Å². The number of rotatable bonds is 6. The highest BCUT2D eigenvalue weighted by Gasteiger charge is 2.13. The summed E-state index contributed by atoms with van der Waals surface area (Å²) in [6.07, 6.45) is 0. The fourth-order valence-electron chi connectivity index (χ4n) is 2.73. The highest BCUT2D eigenvalue weighted by molar-refractivity contribution is 6.06. The van der Waals surface area contributed by atoms with Crippen LogP contribution in [0.15, 0.2) is 36.4 Å². The average Bonchev–Trinajstić information content (AvgIpc) is 2.58. The number of carbonyl (C=O) groups is 2. The molecule has 0 aromatic heterocycles. The van der Waals surface area contributed by atoms with Gasteiger partial charge in [-0.05, 0) is 50.1 Å². The zero-order valence-corrected chi connectivity index (χ0v) is 15.1. The number of hydrogen-bond donors (Lipinski definition) is 2. The fraction of sp³-hybridized carbons (Fsp3) is 0.300. The van der Waals surface area contributed by atoms with Crippen LogP contribution < -0.4 is 10.6 Å². The molecule has 0 spiro atoms. The Labute approximate surface area is 148 Å². The Morgan fingerprint density at radius 2 is 1.56 bits per heavy atom. The van der Waals surface area contributed by atoms with E-state index in [-0.39, 0.29) is 11.8 Å². The minimum Gasteiger partial charge on any atom is -0.383 e. The summed E-state index contributed by atoms with van der Waals surface area (Å²) >= 11 is 0. The molecule has 0 saturated heterocycles. The number of ether oxygens (including phenoxy) is 1. The molecule has 0 heterocycles. The minimum absolute atomic E-state index is 0.227. The van der Waals surface area contributed by atoms with Gasteiger partial charge in [0.25, 0.3) is 11.8 Å². The summed E-state index contributed by atoms with van der Waals surface area (Å²) in [5.74, 6) is -0.462. The number of amides is 2. The SMILES string of the molecule is COCCNC(=O)c1cccc(C(=O)Nc2c(C)cc(C)cc2C)c1. The number of carbonyl (C=O) groups excluding carboxylic acids is 2. The summed E-state index contributed by atoms with van der Waals surface area (Å²) in [5, 5.41) is 5.69. The fourth-order valence-corrected chi connectivity index (χ4v) is 2.73. The smallest absolute Gasteiger partial charge is 0.255 e. The van der Waals surface area contributed by atoms with Gasteiger partial charge < -0.3 is 15.4 Å². The second kappa shape index (κ2) is 8.44. The lowest BCUT2D eigenvalue weighted by Crippen LogP contribution is -2.27. The third-order valence-electron chi connectivity index (χ3n) is 3.89. The summed E-state index contributed by atoms with van der Waals surface area (Å²) in [5.41, 5.74) is 4.88. The molecule has 0 radical (unpaired) electrons. The van der Waals surface area contributed by atoms with Crippen LogP contribution >= 0.6 is 0 Å². The van der Waals surface area contributed by atoms with E-state index >= 15 is 0 Å². The molecule has 5 heteroatoms. The van der Waals surface area contributed by atoms with E-state index in [0.717, 1.165) is 22.4 Å². The van der Waals surface area contributed by atoms with E-state index in [1.165, 1.54) is 0 Å². The lowest BCUT2D eigenvalue weighted by atomic mass is 10.0. The van der Waals surface area contributed by atoms with Crippen LogP contribution in [-0.2, 0) is 4.74 Å². The average molecular weight is 340 g/mol. The van der Waals surface area contributed by atoms with Crippen LogP contribution in [0.5, 0.6) is 0 Å². The molecule has 25 heavy (non-hydrogen) atoms. The van der Waals surface area contributed by atoms with Gasteiger partial charge >= 0.3 is 0 Å². The van der Waals surface area contributed by atoms with Crippen LogP contribution in [0.25, 0.3) is 0 Å². The van der Waals surface area contributed by atoms with Crippen LogP contribution in [0.4, 0.5) is 5.69 Å². The number of benzene rings is 2. The highest BCUT2D eigenvalue weighted by Crippen LogP contribution is 2.22. The van der Waals surface area contributed by atoms with Gasteiger partial charge in [0.2, 0.25) is 0 Å². The van der Waals surface area contributed by atoms with Crippen molar-refractivity contribution >= 4 is 17.5 Å². The van der Waals surface area contributed by atoms with E-state index in [2.05, 4.69) is 10.6 Å². The number of anilines is 1. The first-order valence-corrected chi connectivity index (χ1v) is 8.18. The van der Waals surface area contributed by atoms with Gasteiger partial charge in [-0.1, -0.05) is 23.8 Å². The van der Waals surface area contributed by atoms with Gasteiger partial charge in [-0.25, -0.2) is 0 Å². The molecule has 2 amide bonds. The molecule has 0 atom stereocenters. The second-order valence-electron chi connectivity index (χ2n) is 6.06. The number of hydrogen-bond acceptors (Lipinski definition) is 3. The maximum Gasteiger partial charge on any atom is 0.255 e. The molecule has 2 N–H and O–H groups in total. The van der Waals surface area contributed by atoms with Crippen LogP contribution in [0.2, 0.25) is 0 Å². The Hall–Kier alpha value is -2.66. The van der Waals surface area contributed by atoms with Crippen molar-refractivity contribution in [2.75, 3.05) is 25.6 Å². The van der Waals surface area contributed by atoms with Crippen molar-refractivity contribution in [2.45, 2.75) is 20.8 Å². The molecule has 2 aromatic carbocycles. The first kappa shape index (κ1) is 18.7. The molecule has 132 valence electrons. The van der Waals surface area contributed by atoms with E-state index < -0.39 is 0 Å². The van der Waals surface area contributed by atoms with Crippen molar-refractivity contribution in [2.24, 2.45) is 0 Å². The molecular weight excluding hydrogens is 316 g/mol. The Morgan fingerprint density at radius 3 is 2.16 bits per heavy atom. The van der Waals surface area contributed by atoms with Gasteiger partial charge in [-0.2, -0.15) is 0 Å². The number of aryl methyl sites for hydroxylation is 3. The van der Waals surface area contributed by atoms with Crippen LogP contribution in [0.1, 0.15) is 37.4 Å². The van der Waals surface area contributed by atoms with Crippen LogP contribution in [0, 0.1) is 20.8 Å². The molecule has 0 unspecified atom stereocenters. The molecule has 0 aliphatic carbocycles. The Morgan fingerprint density at radius 1 is 0.960 bits per heavy atom. The van der Waals surface area contributed by atoms with E-state index in [0.29, 0.717) is 24.3 Å². The van der Waals surface area contributed by atoms with Crippen molar-refractivity contribution in [1.82, 2.24) is 5.32 Å². The van der Waals surface area contributed by atoms with Gasteiger partial charge in [0.15, 0.2) is 0 Å². The maximum atomic E-state index is 12.6. The molecule has 0 fully saturated rings. The molecule has 0 aliphatic rings. The third-order valence-corrected chi connectivity index (χ3v) is 3.89. The van der Waals surface area contributed by atoms with Crippen molar-refractivity contribution in [3.05, 3.63) is 64.2 Å². The summed E-state index contributed by atoms with van der Waals surface area (Å²) in [6, 6.07) is 10.7. The normalized spacial score (nSPS) is 10.4. The summed E-state index contributed by atoms with van der Waals surface area (Å²) in [4.78, 5) is 24.7. The van der Waals surface area contributed by atoms with E-state index in [9.17, 15) is 9.59 Å². The standard InChI is InChI=1S/C20H24N2O3/c1-13-10-14(2)18(15(3)11-13)22-20(24)17-7-5-6-16(12-17)19(23)21-8-9-25-4/h5-7,10-12H,8-9H2,1-4H3,(H,21,23)(H,22,24). The molecule has 0 bridgehead atoms. The van der Waals surface area contributed by atoms with E-state index in [4.69, 9.17) is 4.74 Å². The lowest BCUT2D eigenvalue weighted by molar-refractivity contribution is 0.0937. The monoisotopic (exact) mass is 340 g/mol. The first-order chi connectivity index (χ1) is 11.9. The largest absolute Gasteiger partial charge is 0.383 e. The molecule has 2 aromatic rings. The molecule has 0 aliphatic heterocycles. The molecule has 0 saturated carbocycles. The zero-order valence-electron chi connectivity index (χ0n) is 15.1. The quantitative estimate of drug-likeness (QED) is 0.793. The third kappa shape index (κ3) is 4.90. The first-order valence-electron chi connectivity index (χ1n) is 8.18. The van der Waals surface area contributed by atoms with Crippen LogP contribution in [-0.4, -0.2) is 32.1 Å². The summed E-state index contributed by atoms with van der Waals surface area (Å²) in [6.45, 7) is 6.83. The minimum atomic E-state index is -0.235.